The third-order valence-corrected chi connectivity index (χ3v) is 5.60. The molecule has 0 aromatic heterocycles. The summed E-state index contributed by atoms with van der Waals surface area (Å²) in [5.41, 5.74) is -0.659. The predicted octanol–water partition coefficient (Wildman–Crippen LogP) is 3.51. The van der Waals surface area contributed by atoms with Crippen LogP contribution in [0.4, 0.5) is 0 Å². The SMILES string of the molecule is CC(C)OP(=O)(O)O[C@]12CC[C@@H](C(C)C)[C@H]1O[C@@H](C)C2. The van der Waals surface area contributed by atoms with E-state index < -0.39 is 13.4 Å². The maximum Gasteiger partial charge on any atom is 0.473 e. The second-order valence-electron chi connectivity index (χ2n) is 6.80. The number of hydrogen-bond donors (Lipinski definition) is 1. The van der Waals surface area contributed by atoms with Crippen molar-refractivity contribution >= 4 is 7.82 Å². The van der Waals surface area contributed by atoms with Crippen LogP contribution in [-0.4, -0.2) is 28.8 Å². The molecule has 1 N–H and O–H groups in total. The van der Waals surface area contributed by atoms with Gasteiger partial charge in [0.05, 0.1) is 18.3 Å². The standard InChI is InChI=1S/C14H27O5P/c1-9(2)12-6-7-14(8-11(5)17-13(12)14)19-20(15,16)18-10(3)4/h9-13H,6-8H2,1-5H3,(H,15,16)/t11-,12-,13+,14-/m0/s1. The lowest BCUT2D eigenvalue weighted by Gasteiger charge is -2.32. The van der Waals surface area contributed by atoms with Gasteiger partial charge in [0, 0.05) is 6.42 Å². The van der Waals surface area contributed by atoms with Crippen LogP contribution >= 0.6 is 7.82 Å². The van der Waals surface area contributed by atoms with Gasteiger partial charge in [0.2, 0.25) is 0 Å². The quantitative estimate of drug-likeness (QED) is 0.787. The van der Waals surface area contributed by atoms with Gasteiger partial charge >= 0.3 is 7.82 Å². The minimum absolute atomic E-state index is 0.0561. The van der Waals surface area contributed by atoms with Crippen LogP contribution in [0.2, 0.25) is 0 Å². The van der Waals surface area contributed by atoms with Crippen LogP contribution in [0.3, 0.4) is 0 Å². The van der Waals surface area contributed by atoms with Crippen LogP contribution in [-0.2, 0) is 18.3 Å². The fourth-order valence-corrected chi connectivity index (χ4v) is 4.96. The summed E-state index contributed by atoms with van der Waals surface area (Å²) in [6.07, 6.45) is 2.00. The van der Waals surface area contributed by atoms with Gasteiger partial charge in [-0.05, 0) is 45.4 Å². The molecule has 1 aliphatic carbocycles. The first kappa shape index (κ1) is 16.4. The molecule has 1 saturated carbocycles. The number of fused-ring (bicyclic) bond motifs is 1. The highest BCUT2D eigenvalue weighted by Gasteiger charge is 2.59. The minimum Gasteiger partial charge on any atom is -0.372 e. The van der Waals surface area contributed by atoms with E-state index in [9.17, 15) is 9.46 Å². The van der Waals surface area contributed by atoms with Gasteiger partial charge in [-0.15, -0.1) is 0 Å². The third kappa shape index (κ3) is 3.28. The second-order valence-corrected chi connectivity index (χ2v) is 8.13. The summed E-state index contributed by atoms with van der Waals surface area (Å²) in [5, 5.41) is 0. The molecule has 2 rings (SSSR count). The zero-order valence-corrected chi connectivity index (χ0v) is 13.9. The van der Waals surface area contributed by atoms with Gasteiger partial charge in [0.1, 0.15) is 5.60 Å². The number of rotatable bonds is 5. The zero-order valence-electron chi connectivity index (χ0n) is 13.0. The van der Waals surface area contributed by atoms with Crippen LogP contribution in [0.1, 0.15) is 53.9 Å². The highest BCUT2D eigenvalue weighted by atomic mass is 31.2. The number of ether oxygens (including phenoxy) is 1. The molecule has 1 aliphatic heterocycles. The first-order valence-electron chi connectivity index (χ1n) is 7.52. The molecule has 0 bridgehead atoms. The smallest absolute Gasteiger partial charge is 0.372 e. The molecule has 2 fully saturated rings. The Kier molecular flexibility index (Phi) is 4.68. The maximum atomic E-state index is 12.2. The average molecular weight is 306 g/mol. The van der Waals surface area contributed by atoms with Crippen molar-refractivity contribution in [1.29, 1.82) is 0 Å². The molecule has 6 heteroatoms. The van der Waals surface area contributed by atoms with Crippen LogP contribution in [0, 0.1) is 11.8 Å². The topological polar surface area (TPSA) is 65.0 Å². The lowest BCUT2D eigenvalue weighted by Crippen LogP contribution is -2.39. The molecule has 20 heavy (non-hydrogen) atoms. The summed E-state index contributed by atoms with van der Waals surface area (Å²) in [7, 11) is -4.04. The van der Waals surface area contributed by atoms with E-state index in [0.29, 0.717) is 18.3 Å². The minimum atomic E-state index is -4.04. The molecule has 1 saturated heterocycles. The van der Waals surface area contributed by atoms with E-state index in [1.165, 1.54) is 0 Å². The summed E-state index contributed by atoms with van der Waals surface area (Å²) < 4.78 is 28.9. The largest absolute Gasteiger partial charge is 0.473 e. The van der Waals surface area contributed by atoms with E-state index in [1.54, 1.807) is 13.8 Å². The summed E-state index contributed by atoms with van der Waals surface area (Å²) in [5.74, 6) is 0.846. The Morgan fingerprint density at radius 1 is 1.35 bits per heavy atom. The molecule has 118 valence electrons. The molecular weight excluding hydrogens is 279 g/mol. The van der Waals surface area contributed by atoms with E-state index in [2.05, 4.69) is 13.8 Å². The van der Waals surface area contributed by atoms with Gasteiger partial charge in [-0.25, -0.2) is 4.57 Å². The fourth-order valence-electron chi connectivity index (χ4n) is 3.66. The highest BCUT2D eigenvalue weighted by Crippen LogP contribution is 2.59. The molecule has 5 nitrogen and oxygen atoms in total. The van der Waals surface area contributed by atoms with Crippen LogP contribution in [0.5, 0.6) is 0 Å². The number of hydrogen-bond acceptors (Lipinski definition) is 4. The van der Waals surface area contributed by atoms with E-state index >= 15 is 0 Å². The van der Waals surface area contributed by atoms with Crippen molar-refractivity contribution in [3.8, 4) is 0 Å². The van der Waals surface area contributed by atoms with E-state index in [1.807, 2.05) is 6.92 Å². The number of phosphoric acid groups is 1. The predicted molar refractivity (Wildman–Crippen MR) is 76.4 cm³/mol. The van der Waals surface area contributed by atoms with Crippen LogP contribution in [0.15, 0.2) is 0 Å². The lowest BCUT2D eigenvalue weighted by atomic mass is 9.89. The van der Waals surface area contributed by atoms with Crippen molar-refractivity contribution in [3.05, 3.63) is 0 Å². The van der Waals surface area contributed by atoms with Crippen LogP contribution in [0.25, 0.3) is 0 Å². The van der Waals surface area contributed by atoms with Crippen molar-refractivity contribution in [2.24, 2.45) is 11.8 Å². The Morgan fingerprint density at radius 2 is 2.00 bits per heavy atom. The molecular formula is C14H27O5P. The Morgan fingerprint density at radius 3 is 2.55 bits per heavy atom. The molecule has 1 unspecified atom stereocenters. The molecule has 0 radical (unpaired) electrons. The lowest BCUT2D eigenvalue weighted by molar-refractivity contribution is -0.0533. The van der Waals surface area contributed by atoms with Crippen molar-refractivity contribution in [2.75, 3.05) is 0 Å². The number of phosphoric ester groups is 1. The van der Waals surface area contributed by atoms with Gasteiger partial charge in [-0.1, -0.05) is 13.8 Å². The van der Waals surface area contributed by atoms with Gasteiger partial charge in [0.15, 0.2) is 0 Å². The summed E-state index contributed by atoms with van der Waals surface area (Å²) in [6, 6.07) is 0. The highest BCUT2D eigenvalue weighted by molar-refractivity contribution is 7.47. The molecule has 1 heterocycles. The Balaban J connectivity index is 2.17. The summed E-state index contributed by atoms with van der Waals surface area (Å²) in [4.78, 5) is 9.95. The normalized spacial score (nSPS) is 40.3. The summed E-state index contributed by atoms with van der Waals surface area (Å²) >= 11 is 0. The third-order valence-electron chi connectivity index (χ3n) is 4.32. The van der Waals surface area contributed by atoms with Crippen molar-refractivity contribution in [2.45, 2.75) is 77.8 Å². The molecule has 0 amide bonds. The van der Waals surface area contributed by atoms with E-state index in [0.717, 1.165) is 12.8 Å². The molecule has 2 aliphatic rings. The Labute approximate surface area is 121 Å². The maximum absolute atomic E-state index is 12.2. The Hall–Kier alpha value is 0.0700. The van der Waals surface area contributed by atoms with Crippen molar-refractivity contribution in [1.82, 2.24) is 0 Å². The molecule has 0 spiro atoms. The van der Waals surface area contributed by atoms with E-state index in [4.69, 9.17) is 13.8 Å². The first-order valence-corrected chi connectivity index (χ1v) is 9.02. The fraction of sp³-hybridized carbons (Fsp3) is 1.00. The van der Waals surface area contributed by atoms with Gasteiger partial charge in [0.25, 0.3) is 0 Å². The second kappa shape index (κ2) is 5.69. The molecule has 0 aromatic carbocycles. The van der Waals surface area contributed by atoms with Gasteiger partial charge < -0.3 is 9.63 Å². The Bertz CT molecular complexity index is 397. The van der Waals surface area contributed by atoms with E-state index in [-0.39, 0.29) is 18.3 Å². The molecule has 5 atom stereocenters. The average Bonchev–Trinajstić information content (AvgIpc) is 2.67. The van der Waals surface area contributed by atoms with Crippen molar-refractivity contribution in [3.63, 3.8) is 0 Å². The summed E-state index contributed by atoms with van der Waals surface area (Å²) in [6.45, 7) is 9.76. The van der Waals surface area contributed by atoms with Gasteiger partial charge in [-0.3, -0.25) is 9.05 Å². The van der Waals surface area contributed by atoms with Crippen molar-refractivity contribution < 1.29 is 23.2 Å². The molecule has 0 aromatic rings. The zero-order chi connectivity index (χ0) is 15.1. The van der Waals surface area contributed by atoms with Gasteiger partial charge in [-0.2, -0.15) is 0 Å². The first-order chi connectivity index (χ1) is 9.15. The monoisotopic (exact) mass is 306 g/mol. The van der Waals surface area contributed by atoms with Crippen LogP contribution < -0.4 is 0 Å².